The molecule has 0 atom stereocenters. The second kappa shape index (κ2) is 7.61. The molecule has 0 aliphatic heterocycles. The average Bonchev–Trinajstić information content (AvgIpc) is 2.61. The Kier molecular flexibility index (Phi) is 5.32. The van der Waals surface area contributed by atoms with Crippen molar-refractivity contribution in [2.24, 2.45) is 10.8 Å². The van der Waals surface area contributed by atoms with Gasteiger partial charge in [-0.15, -0.1) is 0 Å². The number of carbonyl (C=O) groups excluding carboxylic acids is 2. The molecule has 2 amide bonds. The van der Waals surface area contributed by atoms with E-state index in [-0.39, 0.29) is 22.4 Å². The van der Waals surface area contributed by atoms with Crippen molar-refractivity contribution in [1.82, 2.24) is 5.43 Å². The highest BCUT2D eigenvalue weighted by Crippen LogP contribution is 2.19. The maximum atomic E-state index is 12.0. The number of primary amides is 1. The fraction of sp³-hybridized carbons (Fsp3) is 0.0588. The molecule has 0 fully saturated rings. The van der Waals surface area contributed by atoms with Gasteiger partial charge >= 0.3 is 0 Å². The van der Waals surface area contributed by atoms with Crippen molar-refractivity contribution in [3.05, 3.63) is 58.7 Å². The molecule has 0 aliphatic rings. The van der Waals surface area contributed by atoms with Crippen molar-refractivity contribution >= 4 is 18.0 Å². The van der Waals surface area contributed by atoms with E-state index in [0.29, 0.717) is 11.3 Å². The molecule has 0 unspecified atom stereocenters. The molecule has 0 saturated heterocycles. The van der Waals surface area contributed by atoms with Gasteiger partial charge in [0.2, 0.25) is 5.91 Å². The number of phenols is 1. The molecule has 0 spiro atoms. The van der Waals surface area contributed by atoms with Gasteiger partial charge in [0, 0.05) is 16.7 Å². The maximum absolute atomic E-state index is 12.0. The average molecular weight is 338 g/mol. The van der Waals surface area contributed by atoms with Crippen LogP contribution in [0.5, 0.6) is 11.5 Å². The fourth-order valence-corrected chi connectivity index (χ4v) is 1.96. The van der Waals surface area contributed by atoms with Gasteiger partial charge in [-0.05, 0) is 36.4 Å². The standard InChI is InChI=1S/C17H14N4O4/c1-25-15-7-10(16(19)23)2-3-12(15)9-20-21-17(24)11-4-5-14(22)13(6-11)8-18/h2-7,9,22H,1H3,(H2,19,23)(H,21,24). The van der Waals surface area contributed by atoms with E-state index in [1.54, 1.807) is 12.1 Å². The Bertz CT molecular complexity index is 900. The van der Waals surface area contributed by atoms with Gasteiger partial charge in [-0.2, -0.15) is 10.4 Å². The molecule has 0 heterocycles. The van der Waals surface area contributed by atoms with Crippen molar-refractivity contribution in [3.63, 3.8) is 0 Å². The van der Waals surface area contributed by atoms with Crippen LogP contribution < -0.4 is 15.9 Å². The zero-order valence-corrected chi connectivity index (χ0v) is 13.2. The van der Waals surface area contributed by atoms with E-state index >= 15 is 0 Å². The van der Waals surface area contributed by atoms with Crippen LogP contribution in [0, 0.1) is 11.3 Å². The number of amides is 2. The summed E-state index contributed by atoms with van der Waals surface area (Å²) < 4.78 is 5.15. The van der Waals surface area contributed by atoms with Gasteiger partial charge in [-0.1, -0.05) is 0 Å². The number of phenolic OH excluding ortho intramolecular Hbond substituents is 1. The molecule has 2 aromatic carbocycles. The van der Waals surface area contributed by atoms with Crippen LogP contribution in [0.3, 0.4) is 0 Å². The summed E-state index contributed by atoms with van der Waals surface area (Å²) in [5.41, 5.74) is 8.46. The molecule has 8 nitrogen and oxygen atoms in total. The van der Waals surface area contributed by atoms with Crippen LogP contribution >= 0.6 is 0 Å². The van der Waals surface area contributed by atoms with Crippen LogP contribution in [-0.2, 0) is 0 Å². The lowest BCUT2D eigenvalue weighted by atomic mass is 10.1. The number of nitriles is 1. The van der Waals surface area contributed by atoms with Crippen molar-refractivity contribution in [3.8, 4) is 17.6 Å². The Labute approximate surface area is 143 Å². The molecular weight excluding hydrogens is 324 g/mol. The Morgan fingerprint density at radius 1 is 1.28 bits per heavy atom. The van der Waals surface area contributed by atoms with Crippen molar-refractivity contribution < 1.29 is 19.4 Å². The lowest BCUT2D eigenvalue weighted by Gasteiger charge is -2.06. The highest BCUT2D eigenvalue weighted by atomic mass is 16.5. The van der Waals surface area contributed by atoms with Gasteiger partial charge in [-0.3, -0.25) is 9.59 Å². The van der Waals surface area contributed by atoms with Crippen molar-refractivity contribution in [2.45, 2.75) is 0 Å². The minimum absolute atomic E-state index is 0.0136. The normalized spacial score (nSPS) is 10.2. The summed E-state index contributed by atoms with van der Waals surface area (Å²) in [5.74, 6) is -0.983. The lowest BCUT2D eigenvalue weighted by molar-refractivity contribution is 0.0953. The quantitative estimate of drug-likeness (QED) is 0.554. The molecule has 126 valence electrons. The monoisotopic (exact) mass is 338 g/mol. The summed E-state index contributed by atoms with van der Waals surface area (Å²) in [4.78, 5) is 23.2. The minimum atomic E-state index is -0.587. The summed E-state index contributed by atoms with van der Waals surface area (Å²) in [6.07, 6.45) is 1.34. The molecule has 8 heteroatoms. The number of hydrogen-bond donors (Lipinski definition) is 3. The van der Waals surface area contributed by atoms with Gasteiger partial charge in [-0.25, -0.2) is 5.43 Å². The van der Waals surface area contributed by atoms with Crippen molar-refractivity contribution in [2.75, 3.05) is 7.11 Å². The Morgan fingerprint density at radius 2 is 2.00 bits per heavy atom. The summed E-state index contributed by atoms with van der Waals surface area (Å²) in [6.45, 7) is 0. The fourth-order valence-electron chi connectivity index (χ4n) is 1.96. The second-order valence-corrected chi connectivity index (χ2v) is 4.86. The number of carbonyl (C=O) groups is 2. The Balaban J connectivity index is 2.14. The van der Waals surface area contributed by atoms with Crippen LogP contribution in [0.25, 0.3) is 0 Å². The predicted molar refractivity (Wildman–Crippen MR) is 89.4 cm³/mol. The zero-order chi connectivity index (χ0) is 18.4. The van der Waals surface area contributed by atoms with Gasteiger partial charge in [0.1, 0.15) is 17.6 Å². The number of benzene rings is 2. The molecule has 0 bridgehead atoms. The topological polar surface area (TPSA) is 138 Å². The molecule has 25 heavy (non-hydrogen) atoms. The number of methoxy groups -OCH3 is 1. The van der Waals surface area contributed by atoms with Crippen molar-refractivity contribution in [1.29, 1.82) is 5.26 Å². The molecule has 0 radical (unpaired) electrons. The minimum Gasteiger partial charge on any atom is -0.507 e. The van der Waals surface area contributed by atoms with Gasteiger partial charge in [0.25, 0.3) is 5.91 Å². The van der Waals surface area contributed by atoms with Gasteiger partial charge < -0.3 is 15.6 Å². The van der Waals surface area contributed by atoms with Crippen LogP contribution in [0.4, 0.5) is 0 Å². The number of hydrazone groups is 1. The highest BCUT2D eigenvalue weighted by Gasteiger charge is 2.09. The zero-order valence-electron chi connectivity index (χ0n) is 13.2. The van der Waals surface area contributed by atoms with E-state index in [9.17, 15) is 14.7 Å². The van der Waals surface area contributed by atoms with E-state index in [2.05, 4.69) is 10.5 Å². The van der Waals surface area contributed by atoms with E-state index in [4.69, 9.17) is 15.7 Å². The third-order valence-electron chi connectivity index (χ3n) is 3.27. The Hall–Kier alpha value is -3.86. The van der Waals surface area contributed by atoms with E-state index < -0.39 is 11.8 Å². The van der Waals surface area contributed by atoms with E-state index in [1.807, 2.05) is 0 Å². The summed E-state index contributed by atoms with van der Waals surface area (Å²) in [7, 11) is 1.43. The molecule has 2 rings (SSSR count). The first-order chi connectivity index (χ1) is 12.0. The number of rotatable bonds is 5. The maximum Gasteiger partial charge on any atom is 0.271 e. The van der Waals surface area contributed by atoms with E-state index in [1.165, 1.54) is 43.7 Å². The third kappa shape index (κ3) is 4.11. The first kappa shape index (κ1) is 17.5. The second-order valence-electron chi connectivity index (χ2n) is 4.86. The molecule has 0 aliphatic carbocycles. The summed E-state index contributed by atoms with van der Waals surface area (Å²) in [6, 6.07) is 10.2. The molecule has 2 aromatic rings. The lowest BCUT2D eigenvalue weighted by Crippen LogP contribution is -2.17. The molecule has 0 aromatic heterocycles. The van der Waals surface area contributed by atoms with Crippen LogP contribution in [-0.4, -0.2) is 30.2 Å². The third-order valence-corrected chi connectivity index (χ3v) is 3.27. The first-order valence-corrected chi connectivity index (χ1v) is 7.00. The molecule has 4 N–H and O–H groups in total. The smallest absolute Gasteiger partial charge is 0.271 e. The number of nitrogens with zero attached hydrogens (tertiary/aromatic N) is 2. The van der Waals surface area contributed by atoms with Crippen LogP contribution in [0.2, 0.25) is 0 Å². The number of ether oxygens (including phenoxy) is 1. The first-order valence-electron chi connectivity index (χ1n) is 7.00. The SMILES string of the molecule is COc1cc(C(N)=O)ccc1C=NNC(=O)c1ccc(O)c(C#N)c1. The molecular formula is C17H14N4O4. The predicted octanol–water partition coefficient (Wildman–Crippen LogP) is 1.14. The Morgan fingerprint density at radius 3 is 2.64 bits per heavy atom. The van der Waals surface area contributed by atoms with Crippen LogP contribution in [0.1, 0.15) is 31.8 Å². The van der Waals surface area contributed by atoms with Gasteiger partial charge in [0.15, 0.2) is 0 Å². The van der Waals surface area contributed by atoms with Crippen LogP contribution in [0.15, 0.2) is 41.5 Å². The summed E-state index contributed by atoms with van der Waals surface area (Å²) in [5, 5.41) is 22.1. The van der Waals surface area contributed by atoms with E-state index in [0.717, 1.165) is 0 Å². The largest absolute Gasteiger partial charge is 0.507 e. The molecule has 0 saturated carbocycles. The number of aromatic hydroxyl groups is 1. The highest BCUT2D eigenvalue weighted by molar-refractivity contribution is 5.97. The number of nitrogens with one attached hydrogen (secondary N) is 1. The number of nitrogens with two attached hydrogens (primary N) is 1. The summed E-state index contributed by atoms with van der Waals surface area (Å²) >= 11 is 0. The number of hydrogen-bond acceptors (Lipinski definition) is 6. The van der Waals surface area contributed by atoms with Gasteiger partial charge in [0.05, 0.1) is 18.9 Å².